The van der Waals surface area contributed by atoms with Crippen molar-refractivity contribution in [3.8, 4) is 5.75 Å². The molecule has 0 amide bonds. The Labute approximate surface area is 126 Å². The predicted molar refractivity (Wildman–Crippen MR) is 83.7 cm³/mol. The first-order valence-corrected chi connectivity index (χ1v) is 7.19. The maximum atomic E-state index is 13.0. The van der Waals surface area contributed by atoms with Crippen molar-refractivity contribution in [2.24, 2.45) is 0 Å². The van der Waals surface area contributed by atoms with Crippen molar-refractivity contribution in [1.82, 2.24) is 0 Å². The lowest BCUT2D eigenvalue weighted by Gasteiger charge is -2.20. The summed E-state index contributed by atoms with van der Waals surface area (Å²) in [4.78, 5) is 0. The third-order valence-corrected chi connectivity index (χ3v) is 3.88. The number of phenolic OH excluding ortho intramolecular Hbond substituents is 1. The number of hydrogen-bond donors (Lipinski definition) is 2. The summed E-state index contributed by atoms with van der Waals surface area (Å²) in [7, 11) is 0. The molecule has 2 nitrogen and oxygen atoms in total. The molecular formula is C16H17BrFNO. The van der Waals surface area contributed by atoms with E-state index < -0.39 is 5.82 Å². The van der Waals surface area contributed by atoms with Gasteiger partial charge in [0.1, 0.15) is 11.6 Å². The third-order valence-electron chi connectivity index (χ3n) is 3.25. The van der Waals surface area contributed by atoms with E-state index in [2.05, 4.69) is 27.3 Å². The lowest BCUT2D eigenvalue weighted by Crippen LogP contribution is -2.09. The molecular weight excluding hydrogens is 321 g/mol. The maximum Gasteiger partial charge on any atom is 0.126 e. The number of benzene rings is 2. The molecule has 0 fully saturated rings. The summed E-state index contributed by atoms with van der Waals surface area (Å²) in [5.41, 5.74) is 3.94. The number of anilines is 1. The Morgan fingerprint density at radius 1 is 1.20 bits per heavy atom. The van der Waals surface area contributed by atoms with E-state index in [4.69, 9.17) is 0 Å². The Bertz CT molecular complexity index is 619. The van der Waals surface area contributed by atoms with Crippen molar-refractivity contribution in [3.63, 3.8) is 0 Å². The average molecular weight is 338 g/mol. The quantitative estimate of drug-likeness (QED) is 0.818. The van der Waals surface area contributed by atoms with Crippen molar-refractivity contribution in [2.75, 3.05) is 5.32 Å². The molecule has 0 saturated carbocycles. The Balaban J connectivity index is 2.30. The fraction of sp³-hybridized carbons (Fsp3) is 0.250. The number of phenols is 1. The van der Waals surface area contributed by atoms with Gasteiger partial charge in [0.25, 0.3) is 0 Å². The zero-order valence-electron chi connectivity index (χ0n) is 11.7. The van der Waals surface area contributed by atoms with Crippen LogP contribution in [0.2, 0.25) is 0 Å². The van der Waals surface area contributed by atoms with Crippen LogP contribution in [-0.4, -0.2) is 5.11 Å². The molecule has 0 saturated heterocycles. The predicted octanol–water partition coefficient (Wildman–Crippen LogP) is 5.08. The summed E-state index contributed by atoms with van der Waals surface area (Å²) in [5.74, 6) is -0.475. The Hall–Kier alpha value is -1.55. The monoisotopic (exact) mass is 337 g/mol. The minimum Gasteiger partial charge on any atom is -0.507 e. The fourth-order valence-electron chi connectivity index (χ4n) is 2.28. The van der Waals surface area contributed by atoms with E-state index in [0.717, 1.165) is 21.8 Å². The minimum absolute atomic E-state index is 0.0362. The van der Waals surface area contributed by atoms with Crippen molar-refractivity contribution in [2.45, 2.75) is 26.8 Å². The van der Waals surface area contributed by atoms with E-state index in [0.29, 0.717) is 5.56 Å². The van der Waals surface area contributed by atoms with Gasteiger partial charge in [0, 0.05) is 16.1 Å². The van der Waals surface area contributed by atoms with E-state index in [1.165, 1.54) is 11.6 Å². The highest BCUT2D eigenvalue weighted by molar-refractivity contribution is 9.10. The van der Waals surface area contributed by atoms with E-state index in [1.54, 1.807) is 6.07 Å². The van der Waals surface area contributed by atoms with Crippen LogP contribution in [0.1, 0.15) is 29.7 Å². The molecule has 2 aromatic rings. The largest absolute Gasteiger partial charge is 0.507 e. The van der Waals surface area contributed by atoms with Gasteiger partial charge in [0.15, 0.2) is 0 Å². The molecule has 4 heteroatoms. The zero-order valence-corrected chi connectivity index (χ0v) is 13.3. The van der Waals surface area contributed by atoms with Crippen LogP contribution in [0.25, 0.3) is 0 Å². The molecule has 2 rings (SSSR count). The first-order chi connectivity index (χ1) is 9.38. The van der Waals surface area contributed by atoms with Gasteiger partial charge in [-0.2, -0.15) is 0 Å². The number of halogens is 2. The minimum atomic E-state index is -0.439. The van der Waals surface area contributed by atoms with Gasteiger partial charge in [-0.3, -0.25) is 0 Å². The zero-order chi connectivity index (χ0) is 14.9. The molecule has 0 aliphatic heterocycles. The highest BCUT2D eigenvalue weighted by Gasteiger charge is 2.14. The number of rotatable bonds is 3. The van der Waals surface area contributed by atoms with E-state index in [1.807, 2.05) is 26.8 Å². The molecule has 1 unspecified atom stereocenters. The van der Waals surface area contributed by atoms with Gasteiger partial charge in [-0.1, -0.05) is 12.1 Å². The molecule has 0 heterocycles. The second-order valence-corrected chi connectivity index (χ2v) is 5.86. The fourth-order valence-corrected chi connectivity index (χ4v) is 3.06. The van der Waals surface area contributed by atoms with E-state index >= 15 is 0 Å². The Morgan fingerprint density at radius 3 is 2.50 bits per heavy atom. The molecule has 0 aliphatic carbocycles. The molecule has 0 aromatic heterocycles. The SMILES string of the molecule is Cc1cc(C)c(NC(C)c2ccc(F)cc2O)c(Br)c1. The molecule has 0 aliphatic rings. The third kappa shape index (κ3) is 3.12. The molecule has 20 heavy (non-hydrogen) atoms. The maximum absolute atomic E-state index is 13.0. The number of nitrogens with one attached hydrogen (secondary N) is 1. The molecule has 106 valence electrons. The number of hydrogen-bond acceptors (Lipinski definition) is 2. The first-order valence-electron chi connectivity index (χ1n) is 6.40. The summed E-state index contributed by atoms with van der Waals surface area (Å²) in [5, 5.41) is 13.2. The highest BCUT2D eigenvalue weighted by atomic mass is 79.9. The van der Waals surface area contributed by atoms with Crippen molar-refractivity contribution < 1.29 is 9.50 Å². The van der Waals surface area contributed by atoms with Crippen LogP contribution >= 0.6 is 15.9 Å². The molecule has 2 aromatic carbocycles. The van der Waals surface area contributed by atoms with Gasteiger partial charge < -0.3 is 10.4 Å². The smallest absolute Gasteiger partial charge is 0.126 e. The highest BCUT2D eigenvalue weighted by Crippen LogP contribution is 2.33. The summed E-state index contributed by atoms with van der Waals surface area (Å²) in [6.07, 6.45) is 0. The summed E-state index contributed by atoms with van der Waals surface area (Å²) in [6.45, 7) is 5.99. The molecule has 0 bridgehead atoms. The van der Waals surface area contributed by atoms with Gasteiger partial charge >= 0.3 is 0 Å². The summed E-state index contributed by atoms with van der Waals surface area (Å²) in [6, 6.07) is 8.07. The second kappa shape index (κ2) is 5.83. The Morgan fingerprint density at radius 2 is 1.90 bits per heavy atom. The van der Waals surface area contributed by atoms with Crippen molar-refractivity contribution >= 4 is 21.6 Å². The van der Waals surface area contributed by atoms with Crippen molar-refractivity contribution in [3.05, 3.63) is 57.3 Å². The molecule has 0 radical (unpaired) electrons. The molecule has 0 spiro atoms. The van der Waals surface area contributed by atoms with Crippen LogP contribution in [0.15, 0.2) is 34.8 Å². The van der Waals surface area contributed by atoms with Gasteiger partial charge in [-0.15, -0.1) is 0 Å². The van der Waals surface area contributed by atoms with Crippen LogP contribution in [-0.2, 0) is 0 Å². The lowest BCUT2D eigenvalue weighted by molar-refractivity contribution is 0.459. The van der Waals surface area contributed by atoms with Crippen LogP contribution in [0, 0.1) is 19.7 Å². The van der Waals surface area contributed by atoms with Gasteiger partial charge in [-0.05, 0) is 60.0 Å². The second-order valence-electron chi connectivity index (χ2n) is 5.01. The number of aromatic hydroxyl groups is 1. The number of aryl methyl sites for hydroxylation is 2. The lowest BCUT2D eigenvalue weighted by atomic mass is 10.1. The standard InChI is InChI=1S/C16H17BrFNO/c1-9-6-10(2)16(14(17)7-9)19-11(3)13-5-4-12(18)8-15(13)20/h4-8,11,19-20H,1-3H3. The van der Waals surface area contributed by atoms with Gasteiger partial charge in [0.2, 0.25) is 0 Å². The Kier molecular flexibility index (Phi) is 4.33. The van der Waals surface area contributed by atoms with Crippen LogP contribution in [0.4, 0.5) is 10.1 Å². The van der Waals surface area contributed by atoms with Gasteiger partial charge in [-0.25, -0.2) is 4.39 Å². The van der Waals surface area contributed by atoms with E-state index in [-0.39, 0.29) is 11.8 Å². The van der Waals surface area contributed by atoms with Gasteiger partial charge in [0.05, 0.1) is 11.7 Å². The van der Waals surface area contributed by atoms with E-state index in [9.17, 15) is 9.50 Å². The topological polar surface area (TPSA) is 32.3 Å². The summed E-state index contributed by atoms with van der Waals surface area (Å²) >= 11 is 3.54. The van der Waals surface area contributed by atoms with Crippen molar-refractivity contribution in [1.29, 1.82) is 0 Å². The molecule has 1 atom stereocenters. The van der Waals surface area contributed by atoms with Crippen LogP contribution < -0.4 is 5.32 Å². The summed E-state index contributed by atoms with van der Waals surface area (Å²) < 4.78 is 14.0. The van der Waals surface area contributed by atoms with Crippen LogP contribution in [0.3, 0.4) is 0 Å². The van der Waals surface area contributed by atoms with Crippen LogP contribution in [0.5, 0.6) is 5.75 Å². The first kappa shape index (κ1) is 14.9. The average Bonchev–Trinajstić information content (AvgIpc) is 2.33. The normalized spacial score (nSPS) is 12.2. The molecule has 2 N–H and O–H groups in total.